The molecule has 6 nitrogen and oxygen atoms in total. The summed E-state index contributed by atoms with van der Waals surface area (Å²) in [6, 6.07) is 1.39. The van der Waals surface area contributed by atoms with E-state index in [1.54, 1.807) is 0 Å². The third-order valence-electron chi connectivity index (χ3n) is 2.38. The summed E-state index contributed by atoms with van der Waals surface area (Å²) < 4.78 is 53.2. The highest BCUT2D eigenvalue weighted by atomic mass is 32.2. The number of carbonyl (C=O) groups is 1. The van der Waals surface area contributed by atoms with Crippen LogP contribution in [0.15, 0.2) is 22.4 Å². The number of nitrogens with one attached hydrogen (secondary N) is 1. The topological polar surface area (TPSA) is 102 Å². The van der Waals surface area contributed by atoms with Gasteiger partial charge in [-0.2, -0.15) is 0 Å². The van der Waals surface area contributed by atoms with Gasteiger partial charge >= 0.3 is 0 Å². The van der Waals surface area contributed by atoms with E-state index >= 15 is 0 Å². The number of hydrogen-bond donors (Lipinski definition) is 2. The van der Waals surface area contributed by atoms with Crippen LogP contribution in [-0.2, 0) is 10.0 Å². The lowest BCUT2D eigenvalue weighted by atomic mass is 10.3. The van der Waals surface area contributed by atoms with E-state index < -0.39 is 26.6 Å². The molecule has 0 saturated carbocycles. The molecule has 0 aliphatic heterocycles. The third kappa shape index (κ3) is 3.16. The van der Waals surface area contributed by atoms with Crippen molar-refractivity contribution in [3.05, 3.63) is 34.8 Å². The number of ketones is 1. The van der Waals surface area contributed by atoms with Crippen molar-refractivity contribution in [3.8, 4) is 0 Å². The first-order chi connectivity index (χ1) is 9.70. The van der Waals surface area contributed by atoms with Crippen LogP contribution in [0.3, 0.4) is 0 Å². The SMILES string of the molecule is CC(=O)c1csc(NS(=O)(=O)c2c(F)cc(N)cc2F)n1. The van der Waals surface area contributed by atoms with E-state index in [0.29, 0.717) is 12.1 Å². The number of hydrogen-bond acceptors (Lipinski definition) is 6. The first kappa shape index (κ1) is 15.3. The number of sulfonamides is 1. The van der Waals surface area contributed by atoms with Crippen LogP contribution in [0.2, 0.25) is 0 Å². The molecule has 0 radical (unpaired) electrons. The molecule has 0 aliphatic carbocycles. The Bertz CT molecular complexity index is 795. The second kappa shape index (κ2) is 5.37. The number of halogens is 2. The minimum absolute atomic E-state index is 0.0518. The van der Waals surface area contributed by atoms with Gasteiger partial charge in [0.25, 0.3) is 10.0 Å². The zero-order valence-corrected chi connectivity index (χ0v) is 12.2. The van der Waals surface area contributed by atoms with E-state index in [0.717, 1.165) is 11.3 Å². The molecule has 0 atom stereocenters. The van der Waals surface area contributed by atoms with Crippen molar-refractivity contribution in [1.82, 2.24) is 4.98 Å². The highest BCUT2D eigenvalue weighted by molar-refractivity contribution is 7.93. The molecule has 0 unspecified atom stereocenters. The minimum atomic E-state index is -4.52. The molecular weight excluding hydrogens is 324 g/mol. The quantitative estimate of drug-likeness (QED) is 0.658. The van der Waals surface area contributed by atoms with E-state index in [4.69, 9.17) is 5.73 Å². The zero-order valence-electron chi connectivity index (χ0n) is 10.6. The van der Waals surface area contributed by atoms with Crippen molar-refractivity contribution in [2.45, 2.75) is 11.8 Å². The number of Topliss-reactive ketones (excluding diaryl/α,β-unsaturated/α-hetero) is 1. The van der Waals surface area contributed by atoms with Crippen LogP contribution in [-0.4, -0.2) is 19.2 Å². The molecule has 0 bridgehead atoms. The summed E-state index contributed by atoms with van der Waals surface area (Å²) in [5.41, 5.74) is 5.03. The highest BCUT2D eigenvalue weighted by Gasteiger charge is 2.26. The van der Waals surface area contributed by atoms with Gasteiger partial charge in [-0.15, -0.1) is 11.3 Å². The lowest BCUT2D eigenvalue weighted by Gasteiger charge is -2.08. The summed E-state index contributed by atoms with van der Waals surface area (Å²) in [6.45, 7) is 1.26. The number of nitrogens with zero attached hydrogens (tertiary/aromatic N) is 1. The van der Waals surface area contributed by atoms with Crippen molar-refractivity contribution >= 4 is 38.0 Å². The van der Waals surface area contributed by atoms with Crippen LogP contribution in [0.25, 0.3) is 0 Å². The maximum Gasteiger partial charge on any atom is 0.269 e. The second-order valence-electron chi connectivity index (χ2n) is 4.01. The van der Waals surface area contributed by atoms with Gasteiger partial charge in [-0.05, 0) is 12.1 Å². The molecule has 0 saturated heterocycles. The minimum Gasteiger partial charge on any atom is -0.399 e. The van der Waals surface area contributed by atoms with Gasteiger partial charge in [0.05, 0.1) is 0 Å². The molecule has 3 N–H and O–H groups in total. The van der Waals surface area contributed by atoms with Crippen molar-refractivity contribution in [2.24, 2.45) is 0 Å². The number of carbonyl (C=O) groups excluding carboxylic acids is 1. The van der Waals surface area contributed by atoms with Crippen molar-refractivity contribution < 1.29 is 22.0 Å². The Morgan fingerprint density at radius 3 is 2.38 bits per heavy atom. The number of thiazole rings is 1. The summed E-state index contributed by atoms with van der Waals surface area (Å²) in [4.78, 5) is 13.6. The van der Waals surface area contributed by atoms with Gasteiger partial charge in [-0.25, -0.2) is 22.2 Å². The maximum atomic E-state index is 13.6. The van der Waals surface area contributed by atoms with Gasteiger partial charge < -0.3 is 5.73 Å². The largest absolute Gasteiger partial charge is 0.399 e. The Morgan fingerprint density at radius 1 is 1.33 bits per heavy atom. The number of nitrogen functional groups attached to an aromatic ring is 1. The van der Waals surface area contributed by atoms with E-state index in [9.17, 15) is 22.0 Å². The predicted octanol–water partition coefficient (Wildman–Crippen LogP) is 2.01. The molecule has 112 valence electrons. The molecule has 10 heteroatoms. The lowest BCUT2D eigenvalue weighted by molar-refractivity contribution is 0.101. The van der Waals surface area contributed by atoms with E-state index in [1.165, 1.54) is 12.3 Å². The van der Waals surface area contributed by atoms with E-state index in [2.05, 4.69) is 4.98 Å². The van der Waals surface area contributed by atoms with Crippen LogP contribution in [0, 0.1) is 11.6 Å². The molecule has 2 aromatic rings. The van der Waals surface area contributed by atoms with Crippen molar-refractivity contribution in [1.29, 1.82) is 0 Å². The van der Waals surface area contributed by atoms with Gasteiger partial charge in [0.1, 0.15) is 17.3 Å². The summed E-state index contributed by atoms with van der Waals surface area (Å²) in [5.74, 6) is -2.99. The van der Waals surface area contributed by atoms with Gasteiger partial charge in [0.15, 0.2) is 15.8 Å². The number of aromatic nitrogens is 1. The Morgan fingerprint density at radius 2 is 1.90 bits per heavy atom. The summed E-state index contributed by atoms with van der Waals surface area (Å²) in [6.07, 6.45) is 0. The Hall–Kier alpha value is -2.07. The second-order valence-corrected chi connectivity index (χ2v) is 6.49. The molecular formula is C11H9F2N3O3S2. The number of rotatable bonds is 4. The Balaban J connectivity index is 2.41. The molecule has 0 fully saturated rings. The van der Waals surface area contributed by atoms with E-state index in [-0.39, 0.29) is 22.3 Å². The molecule has 0 amide bonds. The predicted molar refractivity (Wildman–Crippen MR) is 73.7 cm³/mol. The lowest BCUT2D eigenvalue weighted by Crippen LogP contribution is -2.16. The average molecular weight is 333 g/mol. The average Bonchev–Trinajstić information content (AvgIpc) is 2.74. The van der Waals surface area contributed by atoms with Crippen LogP contribution in [0.1, 0.15) is 17.4 Å². The number of nitrogens with two attached hydrogens (primary N) is 1. The van der Waals surface area contributed by atoms with Crippen LogP contribution >= 0.6 is 11.3 Å². The summed E-state index contributed by atoms with van der Waals surface area (Å²) in [7, 11) is -4.52. The van der Waals surface area contributed by atoms with Gasteiger partial charge in [-0.3, -0.25) is 9.52 Å². The fourth-order valence-corrected chi connectivity index (χ4v) is 3.61. The Labute approximate surface area is 122 Å². The van der Waals surface area contributed by atoms with Gasteiger partial charge in [0, 0.05) is 18.0 Å². The molecule has 1 heterocycles. The third-order valence-corrected chi connectivity index (χ3v) is 4.65. The monoisotopic (exact) mass is 333 g/mol. The molecule has 1 aromatic heterocycles. The molecule has 2 rings (SSSR count). The van der Waals surface area contributed by atoms with Crippen LogP contribution < -0.4 is 10.5 Å². The highest BCUT2D eigenvalue weighted by Crippen LogP contribution is 2.25. The van der Waals surface area contributed by atoms with Gasteiger partial charge in [-0.1, -0.05) is 0 Å². The normalized spacial score (nSPS) is 11.4. The van der Waals surface area contributed by atoms with Gasteiger partial charge in [0.2, 0.25) is 0 Å². The maximum absolute atomic E-state index is 13.6. The van der Waals surface area contributed by atoms with Crippen LogP contribution in [0.5, 0.6) is 0 Å². The van der Waals surface area contributed by atoms with Crippen LogP contribution in [0.4, 0.5) is 19.6 Å². The molecule has 21 heavy (non-hydrogen) atoms. The fraction of sp³-hybridized carbons (Fsp3) is 0.0909. The van der Waals surface area contributed by atoms with E-state index in [1.807, 2.05) is 4.72 Å². The first-order valence-electron chi connectivity index (χ1n) is 5.44. The first-order valence-corrected chi connectivity index (χ1v) is 7.81. The van der Waals surface area contributed by atoms with Crippen molar-refractivity contribution in [2.75, 3.05) is 10.5 Å². The number of anilines is 2. The molecule has 1 aromatic carbocycles. The Kier molecular flexibility index (Phi) is 3.92. The molecule has 0 aliphatic rings. The summed E-state index contributed by atoms with van der Waals surface area (Å²) >= 11 is 0.822. The molecule has 0 spiro atoms. The smallest absolute Gasteiger partial charge is 0.269 e. The number of benzene rings is 1. The summed E-state index contributed by atoms with van der Waals surface area (Å²) in [5, 5.41) is 1.16. The standard InChI is InChI=1S/C11H9F2N3O3S2/c1-5(17)9-4-20-11(15-9)16-21(18,19)10-7(12)2-6(14)3-8(10)13/h2-4H,14H2,1H3,(H,15,16). The zero-order chi connectivity index (χ0) is 15.8. The fourth-order valence-electron chi connectivity index (χ4n) is 1.48. The van der Waals surface area contributed by atoms with Crippen molar-refractivity contribution in [3.63, 3.8) is 0 Å².